The van der Waals surface area contributed by atoms with Crippen molar-refractivity contribution in [3.05, 3.63) is 0 Å². The summed E-state index contributed by atoms with van der Waals surface area (Å²) >= 11 is 0. The van der Waals surface area contributed by atoms with E-state index in [0.29, 0.717) is 38.6 Å². The molecule has 0 bridgehead atoms. The third-order valence-corrected chi connectivity index (χ3v) is 8.77. The number of nitrogens with two attached hydrogens (primary N) is 4. The van der Waals surface area contributed by atoms with Crippen molar-refractivity contribution in [3.8, 4) is 0 Å². The fourth-order valence-electron chi connectivity index (χ4n) is 6.34. The van der Waals surface area contributed by atoms with Crippen molar-refractivity contribution >= 4 is 0 Å². The molecule has 0 radical (unpaired) electrons. The van der Waals surface area contributed by atoms with Crippen LogP contribution in [0.1, 0.15) is 59.3 Å². The predicted octanol–water partition coefficient (Wildman–Crippen LogP) is -2.19. The van der Waals surface area contributed by atoms with E-state index < -0.39 is 55.2 Å². The normalized spacial score (nSPS) is 41.6. The van der Waals surface area contributed by atoms with E-state index >= 15 is 0 Å². The molecule has 2 aliphatic heterocycles. The number of aliphatic hydroxyl groups is 3. The van der Waals surface area contributed by atoms with Gasteiger partial charge in [-0.3, -0.25) is 0 Å². The van der Waals surface area contributed by atoms with E-state index in [9.17, 15) is 15.3 Å². The number of fused-ring (bicyclic) bond motifs is 1. The van der Waals surface area contributed by atoms with E-state index in [-0.39, 0.29) is 36.2 Å². The van der Waals surface area contributed by atoms with Crippen LogP contribution in [0.25, 0.3) is 0 Å². The van der Waals surface area contributed by atoms with Crippen molar-refractivity contribution in [1.29, 1.82) is 0 Å². The van der Waals surface area contributed by atoms with Gasteiger partial charge in [-0.15, -0.1) is 0 Å². The third-order valence-electron chi connectivity index (χ3n) is 8.77. The molecule has 3 rings (SSSR count). The molecule has 15 atom stereocenters. The van der Waals surface area contributed by atoms with Crippen LogP contribution in [0.4, 0.5) is 0 Å². The summed E-state index contributed by atoms with van der Waals surface area (Å²) in [7, 11) is 1.71. The smallest absolute Gasteiger partial charge is 0.186 e. The molecular weight excluding hydrogens is 520 g/mol. The van der Waals surface area contributed by atoms with Gasteiger partial charge in [-0.1, -0.05) is 6.92 Å². The van der Waals surface area contributed by atoms with Crippen LogP contribution in [0.3, 0.4) is 0 Å². The molecule has 0 amide bonds. The topological polar surface area (TPSA) is 226 Å². The molecule has 0 aromatic carbocycles. The molecule has 0 aromatic rings. The fraction of sp³-hybridized carbons (Fsp3) is 1.00. The van der Waals surface area contributed by atoms with E-state index in [1.807, 2.05) is 13.8 Å². The molecule has 13 N–H and O–H groups in total. The molecule has 13 nitrogen and oxygen atoms in total. The Balaban J connectivity index is 1.65. The van der Waals surface area contributed by atoms with E-state index in [1.165, 1.54) is 0 Å². The number of likely N-dealkylation sites (N-methyl/N-ethyl adjacent to an activating group) is 1. The average molecular weight is 577 g/mol. The molecule has 0 spiro atoms. The first-order valence-electron chi connectivity index (χ1n) is 15.0. The summed E-state index contributed by atoms with van der Waals surface area (Å²) in [5.74, 6) is -0.187. The zero-order valence-corrected chi connectivity index (χ0v) is 24.6. The highest BCUT2D eigenvalue weighted by Crippen LogP contribution is 2.36. The zero-order valence-electron chi connectivity index (χ0n) is 24.6. The highest BCUT2D eigenvalue weighted by molar-refractivity contribution is 5.01. The van der Waals surface area contributed by atoms with Gasteiger partial charge in [0.05, 0.1) is 30.5 Å². The second-order valence-corrected chi connectivity index (χ2v) is 12.0. The van der Waals surface area contributed by atoms with Crippen LogP contribution in [-0.4, -0.2) is 121 Å². The van der Waals surface area contributed by atoms with Crippen molar-refractivity contribution in [2.24, 2.45) is 28.9 Å². The lowest BCUT2D eigenvalue weighted by atomic mass is 9.75. The molecule has 3 fully saturated rings. The maximum atomic E-state index is 11.4. The lowest BCUT2D eigenvalue weighted by Gasteiger charge is -2.51. The first-order valence-corrected chi connectivity index (χ1v) is 15.0. The second kappa shape index (κ2) is 15.8. The van der Waals surface area contributed by atoms with E-state index in [0.717, 1.165) is 13.0 Å². The van der Waals surface area contributed by atoms with Crippen LogP contribution in [0.2, 0.25) is 0 Å². The van der Waals surface area contributed by atoms with Crippen molar-refractivity contribution in [2.45, 2.75) is 145 Å². The van der Waals surface area contributed by atoms with Crippen LogP contribution >= 0.6 is 0 Å². The van der Waals surface area contributed by atoms with Crippen LogP contribution in [-0.2, 0) is 18.9 Å². The molecule has 40 heavy (non-hydrogen) atoms. The summed E-state index contributed by atoms with van der Waals surface area (Å²) in [4.78, 5) is 0. The Morgan fingerprint density at radius 1 is 1.05 bits per heavy atom. The van der Waals surface area contributed by atoms with Crippen molar-refractivity contribution in [3.63, 3.8) is 0 Å². The summed E-state index contributed by atoms with van der Waals surface area (Å²) < 4.78 is 25.0. The van der Waals surface area contributed by atoms with Crippen molar-refractivity contribution in [2.75, 3.05) is 20.1 Å². The van der Waals surface area contributed by atoms with Crippen LogP contribution in [0.5, 0.6) is 0 Å². The quantitative estimate of drug-likeness (QED) is 0.0792. The monoisotopic (exact) mass is 576 g/mol. The Hall–Kier alpha value is -0.520. The van der Waals surface area contributed by atoms with Gasteiger partial charge in [-0.2, -0.15) is 0 Å². The fourth-order valence-corrected chi connectivity index (χ4v) is 6.34. The lowest BCUT2D eigenvalue weighted by Crippen LogP contribution is -2.68. The number of nitrogens with one attached hydrogen (secondary N) is 2. The molecular formula is C27H56N6O7. The first-order chi connectivity index (χ1) is 19.0. The Labute approximate surface area is 239 Å². The molecule has 236 valence electrons. The molecule has 1 aliphatic carbocycles. The summed E-state index contributed by atoms with van der Waals surface area (Å²) in [6.07, 6.45) is -2.66. The lowest BCUT2D eigenvalue weighted by molar-refractivity contribution is -0.344. The van der Waals surface area contributed by atoms with Gasteiger partial charge < -0.3 is 67.8 Å². The van der Waals surface area contributed by atoms with Gasteiger partial charge in [-0.05, 0) is 72.5 Å². The maximum Gasteiger partial charge on any atom is 0.186 e. The highest BCUT2D eigenvalue weighted by atomic mass is 16.8. The van der Waals surface area contributed by atoms with Gasteiger partial charge >= 0.3 is 0 Å². The van der Waals surface area contributed by atoms with E-state index in [4.69, 9.17) is 41.9 Å². The van der Waals surface area contributed by atoms with Gasteiger partial charge in [0.25, 0.3) is 0 Å². The van der Waals surface area contributed by atoms with Crippen LogP contribution in [0, 0.1) is 5.92 Å². The maximum absolute atomic E-state index is 11.4. The van der Waals surface area contributed by atoms with Crippen LogP contribution < -0.4 is 33.6 Å². The number of rotatable bonds is 14. The average Bonchev–Trinajstić information content (AvgIpc) is 2.89. The first kappa shape index (κ1) is 34.0. The minimum atomic E-state index is -0.986. The molecule has 1 saturated carbocycles. The molecule has 3 aliphatic rings. The zero-order chi connectivity index (χ0) is 29.6. The Morgan fingerprint density at radius 3 is 2.38 bits per heavy atom. The predicted molar refractivity (Wildman–Crippen MR) is 151 cm³/mol. The number of ether oxygens (including phenoxy) is 4. The summed E-state index contributed by atoms with van der Waals surface area (Å²) in [5.41, 5.74) is 24.5. The Kier molecular flexibility index (Phi) is 13.4. The largest absolute Gasteiger partial charge is 0.393 e. The number of hydrogen-bond acceptors (Lipinski definition) is 13. The second-order valence-electron chi connectivity index (χ2n) is 12.0. The third kappa shape index (κ3) is 8.53. The summed E-state index contributed by atoms with van der Waals surface area (Å²) in [5, 5.41) is 39.0. The Morgan fingerprint density at radius 2 is 1.77 bits per heavy atom. The van der Waals surface area contributed by atoms with E-state index in [1.54, 1.807) is 14.0 Å². The highest BCUT2D eigenvalue weighted by Gasteiger charge is 2.52. The van der Waals surface area contributed by atoms with Crippen molar-refractivity contribution < 1.29 is 34.3 Å². The van der Waals surface area contributed by atoms with E-state index in [2.05, 4.69) is 10.6 Å². The molecule has 2 saturated heterocycles. The minimum Gasteiger partial charge on any atom is -0.393 e. The molecule has 13 heteroatoms. The minimum absolute atomic E-state index is 0.0111. The SMILES string of the molecule is CCC(OC(OC1OC2CC(N)C(CC3C(N)CC(N)CC3O)OC2C(O)C1NC)C(C)O)C(C)NCCCN. The van der Waals surface area contributed by atoms with Gasteiger partial charge in [0, 0.05) is 30.1 Å². The van der Waals surface area contributed by atoms with Gasteiger partial charge in [0.15, 0.2) is 12.6 Å². The molecule has 0 aromatic heterocycles. The number of aliphatic hydroxyl groups excluding tert-OH is 3. The standard InChI is InChI=1S/C27H56N6O7/c1-5-20(13(2)33-8-6-7-28)38-26(14(3)34)40-27-23(32-4)24(36)25-22(39-27)12-18(31)21(37-25)11-16-17(30)9-15(29)10-19(16)35/h13-27,32-36H,5-12,28-31H2,1-4H3. The summed E-state index contributed by atoms with van der Waals surface area (Å²) in [6.45, 7) is 7.00. The molecule has 2 heterocycles. The van der Waals surface area contributed by atoms with Crippen LogP contribution in [0.15, 0.2) is 0 Å². The van der Waals surface area contributed by atoms with Gasteiger partial charge in [-0.25, -0.2) is 0 Å². The molecule has 15 unspecified atom stereocenters. The summed E-state index contributed by atoms with van der Waals surface area (Å²) in [6, 6.07) is -1.39. The van der Waals surface area contributed by atoms with Crippen molar-refractivity contribution in [1.82, 2.24) is 10.6 Å². The number of hydrogen-bond donors (Lipinski definition) is 9. The van der Waals surface area contributed by atoms with Gasteiger partial charge in [0.1, 0.15) is 18.3 Å². The Bertz CT molecular complexity index is 727. The van der Waals surface area contributed by atoms with Gasteiger partial charge in [0.2, 0.25) is 0 Å².